The van der Waals surface area contributed by atoms with Crippen LogP contribution in [0, 0.1) is 0 Å². The summed E-state index contributed by atoms with van der Waals surface area (Å²) in [7, 11) is 0. The Hall–Kier alpha value is -2.04. The van der Waals surface area contributed by atoms with E-state index in [0.29, 0.717) is 29.5 Å². The minimum Gasteiger partial charge on any atom is -0.378 e. The van der Waals surface area contributed by atoms with Gasteiger partial charge in [0.15, 0.2) is 0 Å². The Balaban J connectivity index is 1.73. The highest BCUT2D eigenvalue weighted by atomic mass is 35.5. The molecule has 3 rings (SSSR count). The van der Waals surface area contributed by atoms with Crippen molar-refractivity contribution in [2.24, 2.45) is 0 Å². The maximum atomic E-state index is 12.1. The van der Waals surface area contributed by atoms with Gasteiger partial charge in [0, 0.05) is 24.3 Å². The zero-order valence-electron chi connectivity index (χ0n) is 12.1. The third kappa shape index (κ3) is 3.40. The number of hydrogen-bond acceptors (Lipinski definition) is 3. The molecule has 0 aromatic heterocycles. The summed E-state index contributed by atoms with van der Waals surface area (Å²) in [6.07, 6.45) is 0. The number of ether oxygens (including phenoxy) is 1. The second-order valence-corrected chi connectivity index (χ2v) is 5.49. The molecule has 0 radical (unpaired) electrons. The second kappa shape index (κ2) is 6.81. The van der Waals surface area contributed by atoms with Crippen molar-refractivity contribution >= 4 is 28.9 Å². The molecule has 0 bridgehead atoms. The summed E-state index contributed by atoms with van der Waals surface area (Å²) in [5.74, 6) is -0.143. The highest BCUT2D eigenvalue weighted by Gasteiger charge is 2.15. The van der Waals surface area contributed by atoms with Gasteiger partial charge in [0.1, 0.15) is 0 Å². The first-order chi connectivity index (χ1) is 10.7. The van der Waals surface area contributed by atoms with E-state index in [4.69, 9.17) is 16.3 Å². The molecule has 0 saturated carbocycles. The predicted molar refractivity (Wildman–Crippen MR) is 88.9 cm³/mol. The van der Waals surface area contributed by atoms with Crippen LogP contribution in [0.25, 0.3) is 0 Å². The SMILES string of the molecule is O=C(Nc1ccc(N2CCOCC2)c(Cl)c1)c1ccccc1. The first-order valence-electron chi connectivity index (χ1n) is 7.23. The molecule has 1 aliphatic rings. The van der Waals surface area contributed by atoms with Crippen LogP contribution in [-0.4, -0.2) is 32.2 Å². The lowest BCUT2D eigenvalue weighted by Gasteiger charge is -2.29. The third-order valence-corrected chi connectivity index (χ3v) is 3.90. The fraction of sp³-hybridized carbons (Fsp3) is 0.235. The number of amides is 1. The predicted octanol–water partition coefficient (Wildman–Crippen LogP) is 3.43. The summed E-state index contributed by atoms with van der Waals surface area (Å²) in [4.78, 5) is 14.3. The van der Waals surface area contributed by atoms with Gasteiger partial charge in [-0.3, -0.25) is 4.79 Å². The van der Waals surface area contributed by atoms with Gasteiger partial charge >= 0.3 is 0 Å². The summed E-state index contributed by atoms with van der Waals surface area (Å²) in [5.41, 5.74) is 2.29. The Labute approximate surface area is 134 Å². The average Bonchev–Trinajstić information content (AvgIpc) is 2.56. The number of anilines is 2. The first-order valence-corrected chi connectivity index (χ1v) is 7.60. The molecule has 0 aliphatic carbocycles. The number of halogens is 1. The number of hydrogen-bond donors (Lipinski definition) is 1. The van der Waals surface area contributed by atoms with Crippen LogP contribution in [0.1, 0.15) is 10.4 Å². The fourth-order valence-electron chi connectivity index (χ4n) is 2.44. The van der Waals surface area contributed by atoms with E-state index in [-0.39, 0.29) is 5.91 Å². The molecular weight excluding hydrogens is 300 g/mol. The molecule has 2 aromatic carbocycles. The highest BCUT2D eigenvalue weighted by Crippen LogP contribution is 2.29. The van der Waals surface area contributed by atoms with E-state index >= 15 is 0 Å². The number of carbonyl (C=O) groups is 1. The third-order valence-electron chi connectivity index (χ3n) is 3.59. The smallest absolute Gasteiger partial charge is 0.255 e. The minimum atomic E-state index is -0.143. The van der Waals surface area contributed by atoms with E-state index in [1.807, 2.05) is 30.3 Å². The zero-order valence-corrected chi connectivity index (χ0v) is 12.8. The van der Waals surface area contributed by atoms with E-state index in [1.54, 1.807) is 18.2 Å². The molecule has 1 saturated heterocycles. The Morgan fingerprint density at radius 1 is 1.09 bits per heavy atom. The molecule has 1 amide bonds. The molecule has 5 heteroatoms. The van der Waals surface area contributed by atoms with Crippen molar-refractivity contribution in [1.82, 2.24) is 0 Å². The molecule has 1 heterocycles. The quantitative estimate of drug-likeness (QED) is 0.943. The van der Waals surface area contributed by atoms with Gasteiger partial charge in [-0.15, -0.1) is 0 Å². The van der Waals surface area contributed by atoms with Gasteiger partial charge in [0.2, 0.25) is 0 Å². The summed E-state index contributed by atoms with van der Waals surface area (Å²) in [6.45, 7) is 3.08. The van der Waals surface area contributed by atoms with Crippen molar-refractivity contribution in [3.8, 4) is 0 Å². The number of carbonyl (C=O) groups excluding carboxylic acids is 1. The van der Waals surface area contributed by atoms with Crippen molar-refractivity contribution in [3.63, 3.8) is 0 Å². The molecule has 114 valence electrons. The minimum absolute atomic E-state index is 0.143. The fourth-order valence-corrected chi connectivity index (χ4v) is 2.74. The summed E-state index contributed by atoms with van der Waals surface area (Å²) >= 11 is 6.36. The van der Waals surface area contributed by atoms with E-state index in [0.717, 1.165) is 18.8 Å². The van der Waals surface area contributed by atoms with Crippen LogP contribution in [0.3, 0.4) is 0 Å². The van der Waals surface area contributed by atoms with Crippen LogP contribution in [0.2, 0.25) is 5.02 Å². The standard InChI is InChI=1S/C17H17ClN2O2/c18-15-12-14(19-17(21)13-4-2-1-3-5-13)6-7-16(15)20-8-10-22-11-9-20/h1-7,12H,8-11H2,(H,19,21). The van der Waals surface area contributed by atoms with Gasteiger partial charge in [-0.05, 0) is 30.3 Å². The monoisotopic (exact) mass is 316 g/mol. The van der Waals surface area contributed by atoms with Crippen molar-refractivity contribution in [2.45, 2.75) is 0 Å². The maximum absolute atomic E-state index is 12.1. The summed E-state index contributed by atoms with van der Waals surface area (Å²) < 4.78 is 5.34. The Morgan fingerprint density at radius 2 is 1.82 bits per heavy atom. The number of morpholine rings is 1. The zero-order chi connectivity index (χ0) is 15.4. The second-order valence-electron chi connectivity index (χ2n) is 5.09. The van der Waals surface area contributed by atoms with Crippen LogP contribution in [-0.2, 0) is 4.74 Å². The molecule has 1 aliphatic heterocycles. The molecule has 4 nitrogen and oxygen atoms in total. The van der Waals surface area contributed by atoms with E-state index in [1.165, 1.54) is 0 Å². The lowest BCUT2D eigenvalue weighted by molar-refractivity contribution is 0.102. The van der Waals surface area contributed by atoms with E-state index in [9.17, 15) is 4.79 Å². The lowest BCUT2D eigenvalue weighted by Crippen LogP contribution is -2.36. The van der Waals surface area contributed by atoms with E-state index < -0.39 is 0 Å². The molecule has 2 aromatic rings. The maximum Gasteiger partial charge on any atom is 0.255 e. The largest absolute Gasteiger partial charge is 0.378 e. The average molecular weight is 317 g/mol. The van der Waals surface area contributed by atoms with Gasteiger partial charge < -0.3 is 15.0 Å². The number of benzene rings is 2. The molecule has 22 heavy (non-hydrogen) atoms. The Bertz CT molecular complexity index is 655. The van der Waals surface area contributed by atoms with Crippen LogP contribution in [0.4, 0.5) is 11.4 Å². The molecule has 1 N–H and O–H groups in total. The number of nitrogens with one attached hydrogen (secondary N) is 1. The Kier molecular flexibility index (Phi) is 4.61. The summed E-state index contributed by atoms with van der Waals surface area (Å²) in [6, 6.07) is 14.7. The van der Waals surface area contributed by atoms with Gasteiger partial charge in [-0.1, -0.05) is 29.8 Å². The van der Waals surface area contributed by atoms with Crippen molar-refractivity contribution < 1.29 is 9.53 Å². The van der Waals surface area contributed by atoms with Crippen molar-refractivity contribution in [2.75, 3.05) is 36.5 Å². The molecule has 0 spiro atoms. The van der Waals surface area contributed by atoms with Crippen LogP contribution in [0.5, 0.6) is 0 Å². The molecule has 1 fully saturated rings. The van der Waals surface area contributed by atoms with Crippen LogP contribution >= 0.6 is 11.6 Å². The molecule has 0 unspecified atom stereocenters. The van der Waals surface area contributed by atoms with Crippen LogP contribution in [0.15, 0.2) is 48.5 Å². The number of nitrogens with zero attached hydrogens (tertiary/aromatic N) is 1. The van der Waals surface area contributed by atoms with Crippen LogP contribution < -0.4 is 10.2 Å². The van der Waals surface area contributed by atoms with E-state index in [2.05, 4.69) is 10.2 Å². The van der Waals surface area contributed by atoms with Crippen molar-refractivity contribution in [1.29, 1.82) is 0 Å². The highest BCUT2D eigenvalue weighted by molar-refractivity contribution is 6.33. The topological polar surface area (TPSA) is 41.6 Å². The van der Waals surface area contributed by atoms with Gasteiger partial charge in [0.25, 0.3) is 5.91 Å². The molecule has 0 atom stereocenters. The normalized spacial score (nSPS) is 14.7. The lowest BCUT2D eigenvalue weighted by atomic mass is 10.2. The van der Waals surface area contributed by atoms with Crippen molar-refractivity contribution in [3.05, 3.63) is 59.1 Å². The van der Waals surface area contributed by atoms with Gasteiger partial charge in [-0.2, -0.15) is 0 Å². The van der Waals surface area contributed by atoms with Gasteiger partial charge in [-0.25, -0.2) is 0 Å². The number of rotatable bonds is 3. The molecular formula is C17H17ClN2O2. The first kappa shape index (κ1) is 14.9. The Morgan fingerprint density at radius 3 is 2.50 bits per heavy atom. The summed E-state index contributed by atoms with van der Waals surface area (Å²) in [5, 5.41) is 3.49. The van der Waals surface area contributed by atoms with Gasteiger partial charge in [0.05, 0.1) is 23.9 Å².